The number of aryl methyl sites for hydroxylation is 1. The molecule has 222 valence electrons. The Bertz CT molecular complexity index is 2270. The predicted octanol–water partition coefficient (Wildman–Crippen LogP) is 10.3. The molecule has 0 aliphatic carbocycles. The van der Waals surface area contributed by atoms with Crippen molar-refractivity contribution in [2.75, 3.05) is 0 Å². The van der Waals surface area contributed by atoms with E-state index in [4.69, 9.17) is 9.97 Å². The third kappa shape index (κ3) is 4.92. The Morgan fingerprint density at radius 2 is 0.891 bits per heavy atom. The van der Waals surface area contributed by atoms with Gasteiger partial charge in [0.15, 0.2) is 0 Å². The number of benzene rings is 3. The van der Waals surface area contributed by atoms with Crippen molar-refractivity contribution >= 4 is 46.4 Å². The molecular weight excluding hydrogens is 564 g/mol. The van der Waals surface area contributed by atoms with E-state index in [-0.39, 0.29) is 5.75 Å². The number of aromatic amines is 2. The molecule has 0 fully saturated rings. The maximum atomic E-state index is 10.1. The third-order valence-corrected chi connectivity index (χ3v) is 8.64. The topological polar surface area (TPSA) is 77.6 Å². The van der Waals surface area contributed by atoms with Gasteiger partial charge in [0, 0.05) is 44.3 Å². The number of fused-ring (bicyclic) bond motifs is 8. The van der Waals surface area contributed by atoms with Crippen LogP contribution in [-0.2, 0) is 6.42 Å². The minimum Gasteiger partial charge on any atom is -0.508 e. The molecule has 0 saturated heterocycles. The van der Waals surface area contributed by atoms with Gasteiger partial charge < -0.3 is 15.1 Å². The minimum atomic E-state index is 0.222. The molecule has 0 amide bonds. The van der Waals surface area contributed by atoms with Gasteiger partial charge in [-0.2, -0.15) is 0 Å². The fourth-order valence-corrected chi connectivity index (χ4v) is 6.53. The molecule has 5 nitrogen and oxygen atoms in total. The Morgan fingerprint density at radius 3 is 1.39 bits per heavy atom. The van der Waals surface area contributed by atoms with E-state index in [9.17, 15) is 5.11 Å². The monoisotopic (exact) mass is 596 g/mol. The van der Waals surface area contributed by atoms with E-state index in [1.165, 1.54) is 5.56 Å². The van der Waals surface area contributed by atoms with Crippen molar-refractivity contribution in [2.45, 2.75) is 19.8 Å². The summed E-state index contributed by atoms with van der Waals surface area (Å²) in [7, 11) is 0. The van der Waals surface area contributed by atoms with Crippen molar-refractivity contribution < 1.29 is 5.11 Å². The number of hydrogen-bond acceptors (Lipinski definition) is 3. The first-order chi connectivity index (χ1) is 22.7. The first-order valence-electron chi connectivity index (χ1n) is 15.7. The van der Waals surface area contributed by atoms with Crippen LogP contribution >= 0.6 is 0 Å². The van der Waals surface area contributed by atoms with Crippen molar-refractivity contribution in [3.05, 3.63) is 138 Å². The maximum Gasteiger partial charge on any atom is 0.115 e. The normalized spacial score (nSPS) is 12.1. The third-order valence-electron chi connectivity index (χ3n) is 8.64. The van der Waals surface area contributed by atoms with Gasteiger partial charge in [-0.25, -0.2) is 9.97 Å². The molecule has 3 aromatic heterocycles. The number of phenols is 1. The van der Waals surface area contributed by atoms with Crippen molar-refractivity contribution in [3.63, 3.8) is 0 Å². The summed E-state index contributed by atoms with van der Waals surface area (Å²) in [5.41, 5.74) is 14.9. The molecule has 0 unspecified atom stereocenters. The average Bonchev–Trinajstić information content (AvgIpc) is 3.92. The van der Waals surface area contributed by atoms with Crippen molar-refractivity contribution in [1.29, 1.82) is 0 Å². The Kier molecular flexibility index (Phi) is 6.92. The van der Waals surface area contributed by atoms with Crippen LogP contribution in [0.25, 0.3) is 79.8 Å². The summed E-state index contributed by atoms with van der Waals surface area (Å²) in [5, 5.41) is 10.1. The number of nitrogens with one attached hydrogen (secondary N) is 2. The molecule has 2 aliphatic heterocycles. The number of nitrogens with zero attached hydrogens (tertiary/aromatic N) is 2. The van der Waals surface area contributed by atoms with Gasteiger partial charge in [-0.3, -0.25) is 0 Å². The number of hydrogen-bond donors (Lipinski definition) is 3. The van der Waals surface area contributed by atoms with E-state index < -0.39 is 0 Å². The second-order valence-electron chi connectivity index (χ2n) is 11.6. The second kappa shape index (κ2) is 11.5. The summed E-state index contributed by atoms with van der Waals surface area (Å²) in [6.07, 6.45) is 10.4. The van der Waals surface area contributed by atoms with Crippen LogP contribution in [0, 0.1) is 0 Å². The molecule has 2 aliphatic rings. The number of aromatic nitrogens is 4. The molecule has 5 heteroatoms. The standard InChI is InChI=1S/C41H32N4O/c1-2-9-30-31-18-20-33(42-31)39(26-10-5-3-6-11-26)35-22-24-37(44-35)41(28-14-16-29(46)17-15-28)38-25-23-36(45-38)40(27-12-7-4-8-13-27)34-21-19-32(30)43-34/h3-8,10-25,42,45-46H,2,9H2,1H3. The summed E-state index contributed by atoms with van der Waals surface area (Å²) < 4.78 is 0. The molecule has 8 bridgehead atoms. The Labute approximate surface area is 267 Å². The lowest BCUT2D eigenvalue weighted by molar-refractivity contribution is 0.475. The van der Waals surface area contributed by atoms with Crippen LogP contribution in [0.1, 0.15) is 41.7 Å². The summed E-state index contributed by atoms with van der Waals surface area (Å²) in [6, 6.07) is 36.8. The highest BCUT2D eigenvalue weighted by molar-refractivity contribution is 5.97. The summed E-state index contributed by atoms with van der Waals surface area (Å²) in [4.78, 5) is 18.1. The van der Waals surface area contributed by atoms with Gasteiger partial charge in [0.05, 0.1) is 22.8 Å². The van der Waals surface area contributed by atoms with Gasteiger partial charge >= 0.3 is 0 Å². The molecule has 0 spiro atoms. The van der Waals surface area contributed by atoms with Gasteiger partial charge in [0.25, 0.3) is 0 Å². The van der Waals surface area contributed by atoms with Crippen LogP contribution in [0.4, 0.5) is 0 Å². The maximum absolute atomic E-state index is 10.1. The van der Waals surface area contributed by atoms with Crippen LogP contribution in [0.5, 0.6) is 5.75 Å². The van der Waals surface area contributed by atoms with Crippen LogP contribution in [0.3, 0.4) is 0 Å². The van der Waals surface area contributed by atoms with Gasteiger partial charge in [-0.05, 0) is 83.8 Å². The van der Waals surface area contributed by atoms with Crippen molar-refractivity contribution in [1.82, 2.24) is 19.9 Å². The first kappa shape index (κ1) is 27.6. The molecule has 46 heavy (non-hydrogen) atoms. The lowest BCUT2D eigenvalue weighted by Crippen LogP contribution is -1.91. The number of aromatic hydroxyl groups is 1. The van der Waals surface area contributed by atoms with Gasteiger partial charge in [0.1, 0.15) is 5.75 Å². The zero-order valence-corrected chi connectivity index (χ0v) is 25.5. The largest absolute Gasteiger partial charge is 0.508 e. The molecule has 0 radical (unpaired) electrons. The first-order valence-corrected chi connectivity index (χ1v) is 15.7. The van der Waals surface area contributed by atoms with Crippen molar-refractivity contribution in [2.24, 2.45) is 0 Å². The van der Waals surface area contributed by atoms with Gasteiger partial charge in [-0.1, -0.05) is 86.1 Å². The number of rotatable bonds is 5. The second-order valence-corrected chi connectivity index (χ2v) is 11.6. The number of phenolic OH excluding ortho intramolecular Hbond substituents is 1. The quantitative estimate of drug-likeness (QED) is 0.185. The van der Waals surface area contributed by atoms with Crippen molar-refractivity contribution in [3.8, 4) is 39.1 Å². The molecule has 8 rings (SSSR count). The average molecular weight is 597 g/mol. The SMILES string of the molecule is CCCc1c2nc(c(-c3ccccc3)c3ccc([nH]3)c(-c3ccc(O)cc3)c3nc(c(-c4ccccc4)c4ccc1[nH]4)C=C3)C=C2. The van der Waals surface area contributed by atoms with E-state index in [1.807, 2.05) is 24.3 Å². The Morgan fingerprint density at radius 1 is 0.478 bits per heavy atom. The van der Waals surface area contributed by atoms with E-state index in [0.29, 0.717) is 0 Å². The van der Waals surface area contributed by atoms with Crippen LogP contribution < -0.4 is 0 Å². The van der Waals surface area contributed by atoms with E-state index in [1.54, 1.807) is 12.1 Å². The molecule has 0 saturated carbocycles. The van der Waals surface area contributed by atoms with E-state index in [2.05, 4.69) is 114 Å². The summed E-state index contributed by atoms with van der Waals surface area (Å²) in [6.45, 7) is 2.21. The highest BCUT2D eigenvalue weighted by Gasteiger charge is 2.18. The molecular formula is C41H32N4O. The molecule has 6 aromatic rings. The van der Waals surface area contributed by atoms with Crippen LogP contribution in [0.2, 0.25) is 0 Å². The van der Waals surface area contributed by atoms with Gasteiger partial charge in [0.2, 0.25) is 0 Å². The molecule has 3 aromatic carbocycles. The fourth-order valence-electron chi connectivity index (χ4n) is 6.53. The zero-order valence-electron chi connectivity index (χ0n) is 25.5. The van der Waals surface area contributed by atoms with Gasteiger partial charge in [-0.15, -0.1) is 0 Å². The Balaban J connectivity index is 1.56. The predicted molar refractivity (Wildman–Crippen MR) is 191 cm³/mol. The van der Waals surface area contributed by atoms with E-state index in [0.717, 1.165) is 91.1 Å². The molecule has 3 N–H and O–H groups in total. The highest BCUT2D eigenvalue weighted by atomic mass is 16.3. The fraction of sp³-hybridized carbons (Fsp3) is 0.0732. The van der Waals surface area contributed by atoms with Crippen LogP contribution in [-0.4, -0.2) is 25.0 Å². The molecule has 5 heterocycles. The molecule has 0 atom stereocenters. The Hall–Kier alpha value is -5.94. The zero-order chi connectivity index (χ0) is 31.0. The highest BCUT2D eigenvalue weighted by Crippen LogP contribution is 2.37. The summed E-state index contributed by atoms with van der Waals surface area (Å²) in [5.74, 6) is 0.222. The van der Waals surface area contributed by atoms with E-state index >= 15 is 0 Å². The van der Waals surface area contributed by atoms with Crippen LogP contribution in [0.15, 0.2) is 109 Å². The lowest BCUT2D eigenvalue weighted by atomic mass is 10.0. The summed E-state index contributed by atoms with van der Waals surface area (Å²) >= 11 is 0. The lowest BCUT2D eigenvalue weighted by Gasteiger charge is -2.06. The minimum absolute atomic E-state index is 0.222. The number of H-pyrrole nitrogens is 2. The smallest absolute Gasteiger partial charge is 0.115 e.